The van der Waals surface area contributed by atoms with Gasteiger partial charge in [-0.3, -0.25) is 0 Å². The van der Waals surface area contributed by atoms with Crippen LogP contribution in [0.4, 0.5) is 4.39 Å². The van der Waals surface area contributed by atoms with E-state index in [9.17, 15) is 4.39 Å². The number of halogens is 3. The topological polar surface area (TPSA) is 33.0 Å². The van der Waals surface area contributed by atoms with Crippen molar-refractivity contribution in [1.82, 2.24) is 0 Å². The summed E-state index contributed by atoms with van der Waals surface area (Å²) in [6, 6.07) is 6.19. The summed E-state index contributed by atoms with van der Waals surface area (Å²) in [7, 11) is 0. The van der Waals surface area contributed by atoms with Crippen LogP contribution in [0.1, 0.15) is 11.1 Å². The van der Waals surface area contributed by atoms with Crippen molar-refractivity contribution in [3.05, 3.63) is 42.0 Å². The second-order valence-electron chi connectivity index (χ2n) is 2.92. The average Bonchev–Trinajstić information content (AvgIpc) is 2.24. The molecule has 2 nitrogen and oxygen atoms in total. The molecule has 1 atom stereocenters. The zero-order valence-electron chi connectivity index (χ0n) is 8.21. The lowest BCUT2D eigenvalue weighted by atomic mass is 10.1. The van der Waals surface area contributed by atoms with Crippen molar-refractivity contribution in [1.29, 1.82) is 5.26 Å². The van der Waals surface area contributed by atoms with E-state index in [4.69, 9.17) is 21.6 Å². The van der Waals surface area contributed by atoms with E-state index < -0.39 is 4.04 Å². The molecule has 0 aromatic heterocycles. The van der Waals surface area contributed by atoms with Gasteiger partial charge in [0.15, 0.2) is 0 Å². The van der Waals surface area contributed by atoms with Crippen LogP contribution in [0.3, 0.4) is 0 Å². The first-order valence-electron chi connectivity index (χ1n) is 4.34. The van der Waals surface area contributed by atoms with E-state index in [0.717, 1.165) is 0 Å². The summed E-state index contributed by atoms with van der Waals surface area (Å²) in [6.45, 7) is 3.72. The Kier molecular flexibility index (Phi) is 4.34. The average molecular weight is 305 g/mol. The number of hydrogen-bond donors (Lipinski definition) is 0. The number of ether oxygens (including phenoxy) is 1. The molecular weight excluding hydrogens is 296 g/mol. The smallest absolute Gasteiger partial charge is 0.263 e. The minimum absolute atomic E-state index is 0.173. The highest BCUT2D eigenvalue weighted by atomic mass is 79.9. The lowest BCUT2D eigenvalue weighted by Gasteiger charge is -2.12. The van der Waals surface area contributed by atoms with Crippen molar-refractivity contribution >= 4 is 27.5 Å². The normalized spacial score (nSPS) is 13.6. The number of nitriles is 1. The molecule has 0 radical (unpaired) electrons. The van der Waals surface area contributed by atoms with Gasteiger partial charge in [0, 0.05) is 5.56 Å². The van der Waals surface area contributed by atoms with Crippen LogP contribution in [0.15, 0.2) is 30.9 Å². The molecule has 0 saturated carbocycles. The molecule has 0 aliphatic heterocycles. The predicted octanol–water partition coefficient (Wildman–Crippen LogP) is 3.84. The Morgan fingerprint density at radius 2 is 2.38 bits per heavy atom. The highest BCUT2D eigenvalue weighted by molar-refractivity contribution is 9.10. The lowest BCUT2D eigenvalue weighted by molar-refractivity contribution is 0.359. The Hall–Kier alpha value is -1.05. The van der Waals surface area contributed by atoms with Crippen molar-refractivity contribution < 1.29 is 9.13 Å². The van der Waals surface area contributed by atoms with Gasteiger partial charge in [0.1, 0.15) is 18.4 Å². The van der Waals surface area contributed by atoms with Gasteiger partial charge in [-0.05, 0) is 28.1 Å². The summed E-state index contributed by atoms with van der Waals surface area (Å²) in [4.78, 5) is 0. The van der Waals surface area contributed by atoms with Gasteiger partial charge >= 0.3 is 0 Å². The second-order valence-corrected chi connectivity index (χ2v) is 4.99. The molecule has 0 aliphatic rings. The monoisotopic (exact) mass is 303 g/mol. The molecule has 1 unspecified atom stereocenters. The van der Waals surface area contributed by atoms with E-state index in [1.165, 1.54) is 24.3 Å². The summed E-state index contributed by atoms with van der Waals surface area (Å²) < 4.78 is 16.4. The Bertz CT molecular complexity index is 437. The summed E-state index contributed by atoms with van der Waals surface area (Å²) in [6.07, 6.45) is 1.53. The van der Waals surface area contributed by atoms with Crippen molar-refractivity contribution in [2.75, 3.05) is 6.61 Å². The molecule has 0 fully saturated rings. The van der Waals surface area contributed by atoms with Gasteiger partial charge < -0.3 is 4.74 Å². The molecular formula is C11H8BrClFNO. The zero-order chi connectivity index (χ0) is 12.2. The highest BCUT2D eigenvalue weighted by Crippen LogP contribution is 2.39. The predicted molar refractivity (Wildman–Crippen MR) is 64.4 cm³/mol. The number of rotatable bonds is 4. The zero-order valence-corrected chi connectivity index (χ0v) is 10.6. The van der Waals surface area contributed by atoms with Gasteiger partial charge in [-0.15, -0.1) is 0 Å². The Morgan fingerprint density at radius 1 is 1.69 bits per heavy atom. The third-order valence-electron chi connectivity index (χ3n) is 1.79. The molecule has 84 valence electrons. The SMILES string of the molecule is C=CCOc1cc(C(F)(Cl)Br)ccc1C#N. The van der Waals surface area contributed by atoms with Crippen molar-refractivity contribution in [3.8, 4) is 11.8 Å². The lowest BCUT2D eigenvalue weighted by Crippen LogP contribution is -2.03. The van der Waals surface area contributed by atoms with Crippen LogP contribution >= 0.6 is 27.5 Å². The van der Waals surface area contributed by atoms with Crippen LogP contribution in [0.5, 0.6) is 5.75 Å². The summed E-state index contributed by atoms with van der Waals surface area (Å²) >= 11 is 8.13. The molecule has 5 heteroatoms. The van der Waals surface area contributed by atoms with E-state index >= 15 is 0 Å². The van der Waals surface area contributed by atoms with Crippen LogP contribution in [-0.2, 0) is 4.04 Å². The van der Waals surface area contributed by atoms with Crippen LogP contribution in [-0.4, -0.2) is 6.61 Å². The second kappa shape index (κ2) is 5.33. The van der Waals surface area contributed by atoms with Crippen molar-refractivity contribution in [2.24, 2.45) is 0 Å². The summed E-state index contributed by atoms with van der Waals surface area (Å²) in [5.74, 6) is 0.280. The third-order valence-corrected chi connectivity index (χ3v) is 2.46. The number of nitrogens with zero attached hydrogens (tertiary/aromatic N) is 1. The first-order chi connectivity index (χ1) is 7.49. The van der Waals surface area contributed by atoms with Crippen LogP contribution < -0.4 is 4.74 Å². The first-order valence-corrected chi connectivity index (χ1v) is 5.51. The van der Waals surface area contributed by atoms with Gasteiger partial charge in [0.2, 0.25) is 0 Å². The van der Waals surface area contributed by atoms with Crippen LogP contribution in [0.2, 0.25) is 0 Å². The largest absolute Gasteiger partial charge is 0.488 e. The fraction of sp³-hybridized carbons (Fsp3) is 0.182. The van der Waals surface area contributed by atoms with Gasteiger partial charge in [-0.2, -0.15) is 5.26 Å². The maximum Gasteiger partial charge on any atom is 0.263 e. The Morgan fingerprint density at radius 3 is 2.88 bits per heavy atom. The van der Waals surface area contributed by atoms with Crippen LogP contribution in [0.25, 0.3) is 0 Å². The number of alkyl halides is 3. The Balaban J connectivity index is 3.12. The van der Waals surface area contributed by atoms with E-state index in [-0.39, 0.29) is 17.9 Å². The highest BCUT2D eigenvalue weighted by Gasteiger charge is 2.25. The fourth-order valence-corrected chi connectivity index (χ4v) is 1.42. The molecule has 0 heterocycles. The molecule has 1 rings (SSSR count). The van der Waals surface area contributed by atoms with Crippen molar-refractivity contribution in [2.45, 2.75) is 4.04 Å². The maximum atomic E-state index is 13.4. The minimum atomic E-state index is -2.16. The van der Waals surface area contributed by atoms with Gasteiger partial charge in [-0.25, -0.2) is 4.39 Å². The van der Waals surface area contributed by atoms with Crippen molar-refractivity contribution in [3.63, 3.8) is 0 Å². The maximum absolute atomic E-state index is 13.4. The molecule has 0 spiro atoms. The molecule has 0 saturated heterocycles. The number of hydrogen-bond acceptors (Lipinski definition) is 2. The molecule has 0 aliphatic carbocycles. The molecule has 0 N–H and O–H groups in total. The van der Waals surface area contributed by atoms with E-state index in [0.29, 0.717) is 5.56 Å². The molecule has 16 heavy (non-hydrogen) atoms. The molecule has 0 bridgehead atoms. The van der Waals surface area contributed by atoms with E-state index in [2.05, 4.69) is 22.5 Å². The van der Waals surface area contributed by atoms with E-state index in [1.807, 2.05) is 6.07 Å². The fourth-order valence-electron chi connectivity index (χ4n) is 1.06. The summed E-state index contributed by atoms with van der Waals surface area (Å²) in [5, 5.41) is 8.82. The van der Waals surface area contributed by atoms with E-state index in [1.54, 1.807) is 0 Å². The minimum Gasteiger partial charge on any atom is -0.488 e. The molecule has 1 aromatic carbocycles. The summed E-state index contributed by atoms with van der Waals surface area (Å²) in [5.41, 5.74) is 0.492. The quantitative estimate of drug-likeness (QED) is 0.625. The van der Waals surface area contributed by atoms with Gasteiger partial charge in [0.25, 0.3) is 4.04 Å². The Labute approximate surface area is 106 Å². The molecule has 0 amide bonds. The first kappa shape index (κ1) is 13.0. The van der Waals surface area contributed by atoms with Gasteiger partial charge in [0.05, 0.1) is 5.56 Å². The van der Waals surface area contributed by atoms with Gasteiger partial charge in [-0.1, -0.05) is 30.3 Å². The number of benzene rings is 1. The standard InChI is InChI=1S/C11H8BrClFNO/c1-2-5-16-10-6-9(11(12,13)14)4-3-8(10)7-15/h2-4,6H,1,5H2. The van der Waals surface area contributed by atoms with Crippen LogP contribution in [0, 0.1) is 11.3 Å². The third kappa shape index (κ3) is 3.22. The molecule has 1 aromatic rings.